The van der Waals surface area contributed by atoms with Gasteiger partial charge in [0.25, 0.3) is 5.91 Å². The van der Waals surface area contributed by atoms with E-state index >= 15 is 0 Å². The van der Waals surface area contributed by atoms with E-state index in [0.29, 0.717) is 18.8 Å². The smallest absolute Gasteiger partial charge is 0.269 e. The Labute approximate surface area is 134 Å². The summed E-state index contributed by atoms with van der Waals surface area (Å²) in [6, 6.07) is 11.7. The van der Waals surface area contributed by atoms with Gasteiger partial charge in [0.05, 0.1) is 0 Å². The molecule has 6 nitrogen and oxygen atoms in total. The number of nitrogens with zero attached hydrogens (tertiary/aromatic N) is 4. The molecule has 0 unspecified atom stereocenters. The van der Waals surface area contributed by atoms with Crippen molar-refractivity contribution in [2.24, 2.45) is 7.05 Å². The highest BCUT2D eigenvalue weighted by atomic mass is 16.2. The Bertz CT molecular complexity index is 804. The number of benzene rings is 1. The molecule has 0 saturated heterocycles. The van der Waals surface area contributed by atoms with Crippen LogP contribution in [0.5, 0.6) is 0 Å². The zero-order valence-electron chi connectivity index (χ0n) is 13.2. The summed E-state index contributed by atoms with van der Waals surface area (Å²) >= 11 is 0. The summed E-state index contributed by atoms with van der Waals surface area (Å²) in [4.78, 5) is 16.6. The maximum atomic E-state index is 12.1. The minimum Gasteiger partial charge on any atom is -0.349 e. The summed E-state index contributed by atoms with van der Waals surface area (Å²) in [5, 5.41) is 6.93. The first-order chi connectivity index (χ1) is 11.2. The Hall–Kier alpha value is -2.89. The van der Waals surface area contributed by atoms with Crippen molar-refractivity contribution in [3.63, 3.8) is 0 Å². The van der Waals surface area contributed by atoms with E-state index in [4.69, 9.17) is 0 Å². The molecule has 6 heteroatoms. The lowest BCUT2D eigenvalue weighted by Gasteiger charge is -2.11. The summed E-state index contributed by atoms with van der Waals surface area (Å²) in [5.74, 6) is 0.793. The van der Waals surface area contributed by atoms with Crippen LogP contribution in [0.4, 0.5) is 0 Å². The van der Waals surface area contributed by atoms with Crippen molar-refractivity contribution >= 4 is 5.91 Å². The molecular formula is C17H19N5O. The van der Waals surface area contributed by atoms with Crippen LogP contribution in [-0.4, -0.2) is 31.8 Å². The SMILES string of the molecule is Cc1cnc(-c2ccccc2)n1CCNC(=O)c1ccnn1C. The Balaban J connectivity index is 1.68. The Morgan fingerprint density at radius 3 is 2.70 bits per heavy atom. The van der Waals surface area contributed by atoms with Crippen LogP contribution in [0, 0.1) is 6.92 Å². The van der Waals surface area contributed by atoms with Gasteiger partial charge in [0.15, 0.2) is 0 Å². The van der Waals surface area contributed by atoms with E-state index in [1.54, 1.807) is 24.0 Å². The second kappa shape index (κ2) is 6.48. The average Bonchev–Trinajstić information content (AvgIpc) is 3.15. The van der Waals surface area contributed by atoms with Crippen LogP contribution in [0.2, 0.25) is 0 Å². The Kier molecular flexibility index (Phi) is 4.23. The van der Waals surface area contributed by atoms with Crippen LogP contribution >= 0.6 is 0 Å². The summed E-state index contributed by atoms with van der Waals surface area (Å²) in [6.45, 7) is 3.21. The van der Waals surface area contributed by atoms with Gasteiger partial charge in [-0.3, -0.25) is 9.48 Å². The van der Waals surface area contributed by atoms with E-state index in [1.807, 2.05) is 43.5 Å². The predicted octanol–water partition coefficient (Wildman–Crippen LogP) is 2.02. The van der Waals surface area contributed by atoms with Gasteiger partial charge < -0.3 is 9.88 Å². The van der Waals surface area contributed by atoms with Gasteiger partial charge in [0, 0.05) is 43.8 Å². The molecule has 0 radical (unpaired) electrons. The minimum atomic E-state index is -0.121. The lowest BCUT2D eigenvalue weighted by Crippen LogP contribution is -2.29. The highest BCUT2D eigenvalue weighted by Gasteiger charge is 2.11. The van der Waals surface area contributed by atoms with Gasteiger partial charge in [-0.1, -0.05) is 30.3 Å². The molecule has 0 bridgehead atoms. The number of aromatic nitrogens is 4. The molecule has 0 aliphatic rings. The highest BCUT2D eigenvalue weighted by Crippen LogP contribution is 2.18. The van der Waals surface area contributed by atoms with Crippen LogP contribution in [0.1, 0.15) is 16.2 Å². The van der Waals surface area contributed by atoms with Gasteiger partial charge in [-0.2, -0.15) is 5.10 Å². The molecule has 1 N–H and O–H groups in total. The zero-order chi connectivity index (χ0) is 16.2. The molecule has 0 spiro atoms. The number of nitrogens with one attached hydrogen (secondary N) is 1. The van der Waals surface area contributed by atoms with Gasteiger partial charge >= 0.3 is 0 Å². The number of hydrogen-bond donors (Lipinski definition) is 1. The molecule has 2 heterocycles. The molecule has 2 aromatic heterocycles. The van der Waals surface area contributed by atoms with Crippen LogP contribution in [-0.2, 0) is 13.6 Å². The molecule has 0 atom stereocenters. The van der Waals surface area contributed by atoms with Gasteiger partial charge in [0.1, 0.15) is 11.5 Å². The van der Waals surface area contributed by atoms with Gasteiger partial charge in [-0.05, 0) is 13.0 Å². The average molecular weight is 309 g/mol. The highest BCUT2D eigenvalue weighted by molar-refractivity contribution is 5.92. The molecule has 3 rings (SSSR count). The van der Waals surface area contributed by atoms with E-state index in [2.05, 4.69) is 20.0 Å². The monoisotopic (exact) mass is 309 g/mol. The lowest BCUT2D eigenvalue weighted by molar-refractivity contribution is 0.0943. The minimum absolute atomic E-state index is 0.121. The molecule has 0 aliphatic carbocycles. The second-order valence-electron chi connectivity index (χ2n) is 5.34. The van der Waals surface area contributed by atoms with Crippen molar-refractivity contribution in [2.75, 3.05) is 6.54 Å². The van der Waals surface area contributed by atoms with Crippen molar-refractivity contribution in [1.82, 2.24) is 24.6 Å². The van der Waals surface area contributed by atoms with Crippen molar-refractivity contribution in [3.05, 3.63) is 60.2 Å². The van der Waals surface area contributed by atoms with Gasteiger partial charge in [-0.15, -0.1) is 0 Å². The van der Waals surface area contributed by atoms with Gasteiger partial charge in [0.2, 0.25) is 0 Å². The Morgan fingerprint density at radius 1 is 1.22 bits per heavy atom. The molecule has 0 aliphatic heterocycles. The number of rotatable bonds is 5. The largest absolute Gasteiger partial charge is 0.349 e. The summed E-state index contributed by atoms with van der Waals surface area (Å²) < 4.78 is 3.67. The topological polar surface area (TPSA) is 64.7 Å². The number of amides is 1. The molecule has 23 heavy (non-hydrogen) atoms. The van der Waals surface area contributed by atoms with E-state index in [1.165, 1.54) is 0 Å². The van der Waals surface area contributed by atoms with E-state index in [9.17, 15) is 4.79 Å². The fraction of sp³-hybridized carbons (Fsp3) is 0.235. The second-order valence-corrected chi connectivity index (χ2v) is 5.34. The van der Waals surface area contributed by atoms with Crippen molar-refractivity contribution in [1.29, 1.82) is 0 Å². The van der Waals surface area contributed by atoms with Crippen LogP contribution in [0.3, 0.4) is 0 Å². The summed E-state index contributed by atoms with van der Waals surface area (Å²) in [6.07, 6.45) is 3.47. The molecule has 0 saturated carbocycles. The number of hydrogen-bond acceptors (Lipinski definition) is 3. The van der Waals surface area contributed by atoms with Crippen LogP contribution in [0.15, 0.2) is 48.8 Å². The van der Waals surface area contributed by atoms with Gasteiger partial charge in [-0.25, -0.2) is 4.98 Å². The quantitative estimate of drug-likeness (QED) is 0.784. The predicted molar refractivity (Wildman–Crippen MR) is 87.9 cm³/mol. The first-order valence-electron chi connectivity index (χ1n) is 7.50. The van der Waals surface area contributed by atoms with E-state index < -0.39 is 0 Å². The fourth-order valence-electron chi connectivity index (χ4n) is 2.53. The molecule has 0 fully saturated rings. The number of imidazole rings is 1. The molecule has 118 valence electrons. The maximum absolute atomic E-state index is 12.1. The first-order valence-corrected chi connectivity index (χ1v) is 7.50. The number of carbonyl (C=O) groups is 1. The Morgan fingerprint density at radius 2 is 2.00 bits per heavy atom. The van der Waals surface area contributed by atoms with E-state index in [-0.39, 0.29) is 5.91 Å². The fourth-order valence-corrected chi connectivity index (χ4v) is 2.53. The zero-order valence-corrected chi connectivity index (χ0v) is 13.2. The number of carbonyl (C=O) groups excluding carboxylic acids is 1. The third-order valence-corrected chi connectivity index (χ3v) is 3.76. The third-order valence-electron chi connectivity index (χ3n) is 3.76. The van der Waals surface area contributed by atoms with Crippen LogP contribution in [0.25, 0.3) is 11.4 Å². The normalized spacial score (nSPS) is 10.7. The summed E-state index contributed by atoms with van der Waals surface area (Å²) in [7, 11) is 1.75. The lowest BCUT2D eigenvalue weighted by atomic mass is 10.2. The maximum Gasteiger partial charge on any atom is 0.269 e. The summed E-state index contributed by atoms with van der Waals surface area (Å²) in [5.41, 5.74) is 2.69. The third kappa shape index (κ3) is 3.15. The molecular weight excluding hydrogens is 290 g/mol. The number of aryl methyl sites for hydroxylation is 2. The van der Waals surface area contributed by atoms with Crippen molar-refractivity contribution in [3.8, 4) is 11.4 Å². The van der Waals surface area contributed by atoms with Crippen molar-refractivity contribution < 1.29 is 4.79 Å². The standard InChI is InChI=1S/C17H19N5O/c1-13-12-19-16(14-6-4-3-5-7-14)22(13)11-10-18-17(23)15-8-9-20-21(15)2/h3-9,12H,10-11H2,1-2H3,(H,18,23). The first kappa shape index (κ1) is 15.0. The van der Waals surface area contributed by atoms with Crippen molar-refractivity contribution in [2.45, 2.75) is 13.5 Å². The molecule has 1 amide bonds. The van der Waals surface area contributed by atoms with Crippen LogP contribution < -0.4 is 5.32 Å². The van der Waals surface area contributed by atoms with E-state index in [0.717, 1.165) is 17.1 Å². The molecule has 1 aromatic carbocycles. The molecule has 3 aromatic rings.